The van der Waals surface area contributed by atoms with Crippen molar-refractivity contribution in [3.63, 3.8) is 0 Å². The van der Waals surface area contributed by atoms with Crippen LogP contribution in [-0.2, 0) is 0 Å². The lowest BCUT2D eigenvalue weighted by Crippen LogP contribution is -1.95. The summed E-state index contributed by atoms with van der Waals surface area (Å²) in [7, 11) is 0. The van der Waals surface area contributed by atoms with Gasteiger partial charge in [0.1, 0.15) is 0 Å². The van der Waals surface area contributed by atoms with E-state index in [0.29, 0.717) is 0 Å². The zero-order valence-electron chi connectivity index (χ0n) is 28.3. The predicted molar refractivity (Wildman–Crippen MR) is 225 cm³/mol. The van der Waals surface area contributed by atoms with Crippen molar-refractivity contribution in [2.75, 3.05) is 0 Å². The Kier molecular flexibility index (Phi) is 6.49. The fourth-order valence-electron chi connectivity index (χ4n) is 8.55. The molecule has 0 aliphatic rings. The Morgan fingerprint density at radius 2 is 0.885 bits per heavy atom. The largest absolute Gasteiger partial charge is 0.309 e. The van der Waals surface area contributed by atoms with Crippen LogP contribution in [0.5, 0.6) is 0 Å². The van der Waals surface area contributed by atoms with Gasteiger partial charge in [0.15, 0.2) is 0 Å². The zero-order chi connectivity index (χ0) is 34.2. The van der Waals surface area contributed by atoms with Gasteiger partial charge in [0.05, 0.1) is 11.0 Å². The van der Waals surface area contributed by atoms with Crippen LogP contribution < -0.4 is 0 Å². The van der Waals surface area contributed by atoms with Gasteiger partial charge in [0, 0.05) is 36.6 Å². The van der Waals surface area contributed by atoms with Crippen molar-refractivity contribution in [3.8, 4) is 39.1 Å². The van der Waals surface area contributed by atoms with Crippen molar-refractivity contribution < 1.29 is 0 Å². The van der Waals surface area contributed by atoms with Gasteiger partial charge >= 0.3 is 0 Å². The fraction of sp³-hybridized carbons (Fsp3) is 0. The first-order valence-corrected chi connectivity index (χ1v) is 18.7. The second kappa shape index (κ2) is 11.5. The quantitative estimate of drug-likeness (QED) is 0.163. The molecule has 0 spiro atoms. The molecular weight excluding hydrogens is 647 g/mol. The summed E-state index contributed by atoms with van der Waals surface area (Å²) in [5.74, 6) is 0. The van der Waals surface area contributed by atoms with Crippen LogP contribution in [0.15, 0.2) is 188 Å². The summed E-state index contributed by atoms with van der Waals surface area (Å²) in [5.41, 5.74) is 11.1. The molecule has 0 saturated heterocycles. The summed E-state index contributed by atoms with van der Waals surface area (Å²) in [4.78, 5) is 0. The molecule has 2 aromatic heterocycles. The number of para-hydroxylation sites is 1. The molecule has 11 aromatic rings. The molecule has 0 unspecified atom stereocenters. The Morgan fingerprint density at radius 3 is 1.63 bits per heavy atom. The molecule has 0 fully saturated rings. The lowest BCUT2D eigenvalue weighted by molar-refractivity contribution is 1.18. The van der Waals surface area contributed by atoms with Gasteiger partial charge in [-0.1, -0.05) is 152 Å². The second-order valence-electron chi connectivity index (χ2n) is 13.6. The molecule has 0 N–H and O–H groups in total. The van der Waals surface area contributed by atoms with E-state index >= 15 is 0 Å². The van der Waals surface area contributed by atoms with E-state index in [1.165, 1.54) is 96.9 Å². The van der Waals surface area contributed by atoms with E-state index in [9.17, 15) is 0 Å². The van der Waals surface area contributed by atoms with Gasteiger partial charge in [-0.15, -0.1) is 11.3 Å². The fourth-order valence-corrected chi connectivity index (χ4v) is 9.79. The molecule has 0 radical (unpaired) electrons. The average molecular weight is 678 g/mol. The molecule has 242 valence electrons. The number of hydrogen-bond donors (Lipinski definition) is 0. The minimum Gasteiger partial charge on any atom is -0.309 e. The van der Waals surface area contributed by atoms with Crippen molar-refractivity contribution in [1.29, 1.82) is 0 Å². The lowest BCUT2D eigenvalue weighted by Gasteiger charge is -2.18. The molecule has 2 heteroatoms. The van der Waals surface area contributed by atoms with Crippen molar-refractivity contribution in [2.45, 2.75) is 0 Å². The molecule has 9 aromatic carbocycles. The van der Waals surface area contributed by atoms with Crippen molar-refractivity contribution in [3.05, 3.63) is 188 Å². The van der Waals surface area contributed by atoms with E-state index in [2.05, 4.69) is 193 Å². The average Bonchev–Trinajstić information content (AvgIpc) is 3.76. The predicted octanol–water partition coefficient (Wildman–Crippen LogP) is 14.5. The Morgan fingerprint density at radius 1 is 0.327 bits per heavy atom. The number of rotatable bonds is 4. The highest BCUT2D eigenvalue weighted by Crippen LogP contribution is 2.45. The summed E-state index contributed by atoms with van der Waals surface area (Å²) in [6.07, 6.45) is 0. The summed E-state index contributed by atoms with van der Waals surface area (Å²) >= 11 is 1.89. The summed E-state index contributed by atoms with van der Waals surface area (Å²) in [6, 6.07) is 69.1. The Labute approximate surface area is 305 Å². The van der Waals surface area contributed by atoms with Crippen LogP contribution in [-0.4, -0.2) is 4.57 Å². The standard InChI is InChI=1S/C50H31NS/c1-2-14-32(15-3-1)48-39-20-4-6-22-41(39)49(42-23-7-5-21-40(42)48)34-16-12-17-35(30-34)51-45-26-10-8-18-37(45)44-31-33(28-29-46(44)51)36-24-13-25-43-38-19-9-11-27-47(38)52-50(36)43/h1-31H. The van der Waals surface area contributed by atoms with Gasteiger partial charge in [0.2, 0.25) is 0 Å². The lowest BCUT2D eigenvalue weighted by atomic mass is 9.86. The summed E-state index contributed by atoms with van der Waals surface area (Å²) < 4.78 is 5.12. The molecule has 0 atom stereocenters. The molecule has 0 aliphatic heterocycles. The Bertz CT molecular complexity index is 3120. The van der Waals surface area contributed by atoms with Gasteiger partial charge in [-0.25, -0.2) is 0 Å². The molecule has 11 rings (SSSR count). The van der Waals surface area contributed by atoms with Crippen LogP contribution in [0.4, 0.5) is 0 Å². The number of thiophene rings is 1. The second-order valence-corrected chi connectivity index (χ2v) is 14.7. The van der Waals surface area contributed by atoms with Crippen LogP contribution in [0.3, 0.4) is 0 Å². The smallest absolute Gasteiger partial charge is 0.0541 e. The maximum absolute atomic E-state index is 2.45. The van der Waals surface area contributed by atoms with Crippen molar-refractivity contribution in [2.24, 2.45) is 0 Å². The van der Waals surface area contributed by atoms with E-state index in [-0.39, 0.29) is 0 Å². The highest BCUT2D eigenvalue weighted by atomic mass is 32.1. The molecular formula is C50H31NS. The minimum absolute atomic E-state index is 1.16. The van der Waals surface area contributed by atoms with Crippen molar-refractivity contribution in [1.82, 2.24) is 4.57 Å². The minimum atomic E-state index is 1.16. The van der Waals surface area contributed by atoms with E-state index < -0.39 is 0 Å². The van der Waals surface area contributed by atoms with Gasteiger partial charge in [-0.3, -0.25) is 0 Å². The molecule has 52 heavy (non-hydrogen) atoms. The highest BCUT2D eigenvalue weighted by Gasteiger charge is 2.19. The first-order chi connectivity index (χ1) is 25.8. The Hall–Kier alpha value is -6.48. The van der Waals surface area contributed by atoms with E-state index in [1.54, 1.807) is 0 Å². The molecule has 0 amide bonds. The third-order valence-corrected chi connectivity index (χ3v) is 12.0. The first kappa shape index (κ1) is 29.3. The molecule has 0 saturated carbocycles. The third-order valence-electron chi connectivity index (χ3n) is 10.8. The van der Waals surface area contributed by atoms with E-state index in [0.717, 1.165) is 5.69 Å². The molecule has 1 nitrogen and oxygen atoms in total. The van der Waals surface area contributed by atoms with Crippen molar-refractivity contribution >= 4 is 74.9 Å². The van der Waals surface area contributed by atoms with Gasteiger partial charge in [-0.2, -0.15) is 0 Å². The normalized spacial score (nSPS) is 11.8. The SMILES string of the molecule is c1ccc(-c2c3ccccc3c(-c3cccc(-n4c5ccccc5c5cc(-c6cccc7c6sc6ccccc67)ccc54)c3)c3ccccc23)cc1. The zero-order valence-corrected chi connectivity index (χ0v) is 29.1. The van der Waals surface area contributed by atoms with E-state index in [4.69, 9.17) is 0 Å². The van der Waals surface area contributed by atoms with Crippen LogP contribution in [0.2, 0.25) is 0 Å². The monoisotopic (exact) mass is 677 g/mol. The molecule has 0 bridgehead atoms. The maximum atomic E-state index is 2.45. The number of hydrogen-bond acceptors (Lipinski definition) is 1. The van der Waals surface area contributed by atoms with E-state index in [1.807, 2.05) is 11.3 Å². The third kappa shape index (κ3) is 4.35. The van der Waals surface area contributed by atoms with Crippen LogP contribution in [0.25, 0.3) is 103 Å². The summed E-state index contributed by atoms with van der Waals surface area (Å²) in [5, 5.41) is 10.2. The van der Waals surface area contributed by atoms with Gasteiger partial charge in [-0.05, 0) is 91.3 Å². The van der Waals surface area contributed by atoms with Crippen LogP contribution >= 0.6 is 11.3 Å². The number of fused-ring (bicyclic) bond motifs is 8. The Balaban J connectivity index is 1.13. The molecule has 2 heterocycles. The first-order valence-electron chi connectivity index (χ1n) is 17.9. The molecule has 0 aliphatic carbocycles. The van der Waals surface area contributed by atoms with Gasteiger partial charge < -0.3 is 4.57 Å². The van der Waals surface area contributed by atoms with Crippen LogP contribution in [0.1, 0.15) is 0 Å². The number of benzene rings is 9. The summed E-state index contributed by atoms with van der Waals surface area (Å²) in [6.45, 7) is 0. The van der Waals surface area contributed by atoms with Crippen LogP contribution in [0, 0.1) is 0 Å². The topological polar surface area (TPSA) is 4.93 Å². The highest BCUT2D eigenvalue weighted by molar-refractivity contribution is 7.26. The van der Waals surface area contributed by atoms with Gasteiger partial charge in [0.25, 0.3) is 0 Å². The number of aromatic nitrogens is 1. The number of nitrogens with zero attached hydrogens (tertiary/aromatic N) is 1. The maximum Gasteiger partial charge on any atom is 0.0541 e.